The maximum atomic E-state index is 12.9. The first-order chi connectivity index (χ1) is 12.5. The number of nitrogens with zero attached hydrogens (tertiary/aromatic N) is 2. The van der Waals surface area contributed by atoms with E-state index < -0.39 is 10.0 Å². The van der Waals surface area contributed by atoms with E-state index in [1.54, 1.807) is 12.1 Å². The van der Waals surface area contributed by atoms with Gasteiger partial charge in [0.2, 0.25) is 5.91 Å². The molecule has 0 spiro atoms. The number of hydrogen-bond donors (Lipinski definition) is 0. The van der Waals surface area contributed by atoms with Crippen LogP contribution in [-0.4, -0.2) is 38.9 Å². The molecule has 2 aromatic rings. The Hall–Kier alpha value is -2.08. The van der Waals surface area contributed by atoms with Crippen LogP contribution in [-0.2, 0) is 14.8 Å². The molecule has 0 aromatic heterocycles. The number of carbonyl (C=O) groups is 1. The van der Waals surface area contributed by atoms with Gasteiger partial charge in [0.25, 0.3) is 10.0 Å². The quantitative estimate of drug-likeness (QED) is 0.807. The number of hydrogen-bond acceptors (Lipinski definition) is 3. The summed E-state index contributed by atoms with van der Waals surface area (Å²) in [6.45, 7) is 0.334. The maximum absolute atomic E-state index is 12.9. The Morgan fingerprint density at radius 2 is 1.85 bits per heavy atom. The minimum absolute atomic E-state index is 0.115. The van der Waals surface area contributed by atoms with Crippen molar-refractivity contribution in [1.29, 1.82) is 0 Å². The number of rotatable bonds is 5. The van der Waals surface area contributed by atoms with Crippen LogP contribution < -0.4 is 4.31 Å². The minimum Gasteiger partial charge on any atom is -0.343 e. The molecular formula is C20H24N2O3S. The lowest BCUT2D eigenvalue weighted by atomic mass is 10.1. The third-order valence-electron chi connectivity index (χ3n) is 5.70. The standard InChI is InChI=1S/C20H24N2O3S/c1-21(16-9-2-3-10-16)19(23)13-6-14-22-17-11-4-7-15-8-5-12-18(20(15)17)26(22,24)25/h4-5,7-8,11-12,16H,2-3,6,9-10,13-14H2,1H3. The van der Waals surface area contributed by atoms with E-state index in [2.05, 4.69) is 0 Å². The van der Waals surface area contributed by atoms with Crippen LogP contribution in [0, 0.1) is 0 Å². The largest absolute Gasteiger partial charge is 0.343 e. The molecule has 6 heteroatoms. The van der Waals surface area contributed by atoms with Gasteiger partial charge in [-0.2, -0.15) is 0 Å². The van der Waals surface area contributed by atoms with Crippen molar-refractivity contribution in [1.82, 2.24) is 4.90 Å². The van der Waals surface area contributed by atoms with E-state index in [1.165, 1.54) is 17.1 Å². The van der Waals surface area contributed by atoms with Crippen molar-refractivity contribution in [2.45, 2.75) is 49.5 Å². The first-order valence-electron chi connectivity index (χ1n) is 9.30. The van der Waals surface area contributed by atoms with Crippen LogP contribution in [0.3, 0.4) is 0 Å². The average Bonchev–Trinajstić information content (AvgIpc) is 3.24. The first kappa shape index (κ1) is 17.3. The summed E-state index contributed by atoms with van der Waals surface area (Å²) in [4.78, 5) is 14.7. The van der Waals surface area contributed by atoms with Crippen molar-refractivity contribution >= 4 is 32.4 Å². The van der Waals surface area contributed by atoms with Crippen LogP contribution in [0.15, 0.2) is 41.3 Å². The predicted molar refractivity (Wildman–Crippen MR) is 103 cm³/mol. The molecule has 1 fully saturated rings. The molecule has 1 amide bonds. The Bertz CT molecular complexity index is 943. The monoisotopic (exact) mass is 372 g/mol. The molecule has 1 aliphatic heterocycles. The van der Waals surface area contributed by atoms with Crippen molar-refractivity contribution in [2.75, 3.05) is 17.9 Å². The number of anilines is 1. The zero-order valence-corrected chi connectivity index (χ0v) is 15.8. The van der Waals surface area contributed by atoms with Crippen LogP contribution in [0.25, 0.3) is 10.8 Å². The SMILES string of the molecule is CN(C(=O)CCCN1c2cccc3cccc(c23)S1(=O)=O)C1CCCC1. The minimum atomic E-state index is -3.52. The fourth-order valence-corrected chi connectivity index (χ4v) is 5.99. The van der Waals surface area contributed by atoms with Gasteiger partial charge >= 0.3 is 0 Å². The van der Waals surface area contributed by atoms with Gasteiger partial charge in [-0.15, -0.1) is 0 Å². The highest BCUT2D eigenvalue weighted by molar-refractivity contribution is 7.93. The number of sulfonamides is 1. The average molecular weight is 372 g/mol. The topological polar surface area (TPSA) is 57.7 Å². The third-order valence-corrected chi connectivity index (χ3v) is 7.55. The third kappa shape index (κ3) is 2.76. The highest BCUT2D eigenvalue weighted by Crippen LogP contribution is 2.42. The number of amides is 1. The van der Waals surface area contributed by atoms with Crippen LogP contribution in [0.4, 0.5) is 5.69 Å². The summed E-state index contributed by atoms with van der Waals surface area (Å²) < 4.78 is 27.3. The molecule has 1 saturated carbocycles. The van der Waals surface area contributed by atoms with Crippen molar-refractivity contribution < 1.29 is 13.2 Å². The molecule has 2 aromatic carbocycles. The summed E-state index contributed by atoms with van der Waals surface area (Å²) >= 11 is 0. The highest BCUT2D eigenvalue weighted by atomic mass is 32.2. The van der Waals surface area contributed by atoms with Crippen LogP contribution in [0.2, 0.25) is 0 Å². The summed E-state index contributed by atoms with van der Waals surface area (Å²) in [7, 11) is -1.65. The van der Waals surface area contributed by atoms with Gasteiger partial charge in [-0.3, -0.25) is 9.10 Å². The van der Waals surface area contributed by atoms with Gasteiger partial charge in [0.05, 0.1) is 10.6 Å². The molecule has 0 saturated heterocycles. The Labute approximate surface area is 154 Å². The lowest BCUT2D eigenvalue weighted by Crippen LogP contribution is -2.36. The second-order valence-electron chi connectivity index (χ2n) is 7.26. The van der Waals surface area contributed by atoms with Gasteiger partial charge in [-0.05, 0) is 36.8 Å². The zero-order valence-electron chi connectivity index (χ0n) is 15.0. The van der Waals surface area contributed by atoms with Gasteiger partial charge in [-0.1, -0.05) is 37.1 Å². The molecule has 2 aliphatic rings. The Morgan fingerprint density at radius 3 is 2.58 bits per heavy atom. The van der Waals surface area contributed by atoms with Gasteiger partial charge < -0.3 is 4.90 Å². The summed E-state index contributed by atoms with van der Waals surface area (Å²) in [6.07, 6.45) is 5.46. The van der Waals surface area contributed by atoms with Gasteiger partial charge in [0.15, 0.2) is 0 Å². The Kier molecular flexibility index (Phi) is 4.39. The van der Waals surface area contributed by atoms with Crippen LogP contribution in [0.1, 0.15) is 38.5 Å². The van der Waals surface area contributed by atoms with Gasteiger partial charge in [0, 0.05) is 31.4 Å². The van der Waals surface area contributed by atoms with Crippen molar-refractivity contribution in [3.05, 3.63) is 36.4 Å². The highest BCUT2D eigenvalue weighted by Gasteiger charge is 2.35. The molecule has 0 atom stereocenters. The molecule has 0 unspecified atom stereocenters. The summed E-state index contributed by atoms with van der Waals surface area (Å²) in [6, 6.07) is 11.4. The van der Waals surface area contributed by atoms with Gasteiger partial charge in [0.1, 0.15) is 0 Å². The molecule has 4 rings (SSSR count). The van der Waals surface area contributed by atoms with E-state index in [0.29, 0.717) is 30.3 Å². The van der Waals surface area contributed by atoms with E-state index >= 15 is 0 Å². The lowest BCUT2D eigenvalue weighted by Gasteiger charge is -2.25. The summed E-state index contributed by atoms with van der Waals surface area (Å²) in [5, 5.41) is 1.73. The fraction of sp³-hybridized carbons (Fsp3) is 0.450. The number of carbonyl (C=O) groups excluding carboxylic acids is 1. The smallest absolute Gasteiger partial charge is 0.265 e. The van der Waals surface area contributed by atoms with Crippen molar-refractivity contribution in [3.8, 4) is 0 Å². The Morgan fingerprint density at radius 1 is 1.15 bits per heavy atom. The van der Waals surface area contributed by atoms with E-state index in [-0.39, 0.29) is 5.91 Å². The maximum Gasteiger partial charge on any atom is 0.265 e. The van der Waals surface area contributed by atoms with E-state index in [1.807, 2.05) is 36.2 Å². The molecule has 1 heterocycles. The van der Waals surface area contributed by atoms with Crippen molar-refractivity contribution in [3.63, 3.8) is 0 Å². The fourth-order valence-electron chi connectivity index (χ4n) is 4.24. The van der Waals surface area contributed by atoms with Crippen LogP contribution >= 0.6 is 0 Å². The Balaban J connectivity index is 1.48. The molecule has 0 radical (unpaired) electrons. The molecule has 0 bridgehead atoms. The molecule has 0 N–H and O–H groups in total. The molecular weight excluding hydrogens is 348 g/mol. The summed E-state index contributed by atoms with van der Waals surface area (Å²) in [5.41, 5.74) is 0.731. The summed E-state index contributed by atoms with van der Waals surface area (Å²) in [5.74, 6) is 0.115. The second kappa shape index (κ2) is 6.58. The van der Waals surface area contributed by atoms with Gasteiger partial charge in [-0.25, -0.2) is 8.42 Å². The molecule has 1 aliphatic carbocycles. The lowest BCUT2D eigenvalue weighted by molar-refractivity contribution is -0.131. The number of benzene rings is 2. The zero-order chi connectivity index (χ0) is 18.3. The van der Waals surface area contributed by atoms with Crippen molar-refractivity contribution in [2.24, 2.45) is 0 Å². The predicted octanol–water partition coefficient (Wildman–Crippen LogP) is 3.53. The first-order valence-corrected chi connectivity index (χ1v) is 10.7. The molecule has 138 valence electrons. The second-order valence-corrected chi connectivity index (χ2v) is 9.09. The van der Waals surface area contributed by atoms with E-state index in [9.17, 15) is 13.2 Å². The van der Waals surface area contributed by atoms with E-state index in [0.717, 1.165) is 29.3 Å². The van der Waals surface area contributed by atoms with Crippen LogP contribution in [0.5, 0.6) is 0 Å². The molecule has 5 nitrogen and oxygen atoms in total. The molecule has 26 heavy (non-hydrogen) atoms. The normalized spacial score (nSPS) is 18.6. The van der Waals surface area contributed by atoms with E-state index in [4.69, 9.17) is 0 Å².